The van der Waals surface area contributed by atoms with Crippen molar-refractivity contribution < 1.29 is 18.0 Å². The average Bonchev–Trinajstić information content (AvgIpc) is 2.54. The van der Waals surface area contributed by atoms with Crippen LogP contribution in [-0.2, 0) is 24.1 Å². The molecule has 0 aliphatic rings. The second-order valence-corrected chi connectivity index (χ2v) is 5.76. The zero-order valence-corrected chi connectivity index (χ0v) is 13.8. The lowest BCUT2D eigenvalue weighted by molar-refractivity contribution is -0.137. The number of benzene rings is 2. The van der Waals surface area contributed by atoms with Gasteiger partial charge < -0.3 is 11.1 Å². The van der Waals surface area contributed by atoms with E-state index < -0.39 is 11.7 Å². The van der Waals surface area contributed by atoms with Crippen LogP contribution in [0.15, 0.2) is 48.5 Å². The van der Waals surface area contributed by atoms with E-state index in [0.29, 0.717) is 17.8 Å². The minimum atomic E-state index is -4.39. The highest BCUT2D eigenvalue weighted by Crippen LogP contribution is 2.29. The second kappa shape index (κ2) is 8.02. The number of alkyl halides is 3. The van der Waals surface area contributed by atoms with Crippen LogP contribution in [0.1, 0.15) is 16.7 Å². The highest BCUT2D eigenvalue weighted by Gasteiger charge is 2.30. The standard InChI is InChI=1S/C18H20F3N3O/c1-23-17(25)12-24(11-14-5-3-7-16(22)9-14)10-13-4-2-6-15(8-13)18(19,20)21/h2-9H,10-12,22H2,1H3,(H,23,25). The third kappa shape index (κ3) is 5.79. The van der Waals surface area contributed by atoms with Crippen LogP contribution in [-0.4, -0.2) is 24.4 Å². The number of anilines is 1. The first-order valence-corrected chi connectivity index (χ1v) is 7.71. The van der Waals surface area contributed by atoms with Crippen molar-refractivity contribution >= 4 is 11.6 Å². The number of hydrogen-bond acceptors (Lipinski definition) is 3. The van der Waals surface area contributed by atoms with E-state index in [-0.39, 0.29) is 19.0 Å². The quantitative estimate of drug-likeness (QED) is 0.787. The van der Waals surface area contributed by atoms with Crippen molar-refractivity contribution in [3.05, 3.63) is 65.2 Å². The summed E-state index contributed by atoms with van der Waals surface area (Å²) in [5.41, 5.74) is 7.03. The molecule has 25 heavy (non-hydrogen) atoms. The van der Waals surface area contributed by atoms with E-state index in [4.69, 9.17) is 5.73 Å². The summed E-state index contributed by atoms with van der Waals surface area (Å²) in [5, 5.41) is 2.53. The summed E-state index contributed by atoms with van der Waals surface area (Å²) in [5.74, 6) is -0.212. The maximum atomic E-state index is 12.9. The molecule has 0 aromatic heterocycles. The molecule has 2 aromatic carbocycles. The molecule has 0 aliphatic carbocycles. The largest absolute Gasteiger partial charge is 0.416 e. The smallest absolute Gasteiger partial charge is 0.399 e. The molecule has 2 aromatic rings. The van der Waals surface area contributed by atoms with E-state index in [0.717, 1.165) is 17.7 Å². The Kier molecular flexibility index (Phi) is 6.03. The predicted molar refractivity (Wildman–Crippen MR) is 90.5 cm³/mol. The molecular weight excluding hydrogens is 331 g/mol. The Morgan fingerprint density at radius 3 is 2.24 bits per heavy atom. The molecule has 4 nitrogen and oxygen atoms in total. The van der Waals surface area contributed by atoms with E-state index >= 15 is 0 Å². The van der Waals surface area contributed by atoms with Crippen LogP contribution in [0, 0.1) is 0 Å². The molecule has 0 saturated carbocycles. The first-order valence-electron chi connectivity index (χ1n) is 7.71. The molecule has 0 aliphatic heterocycles. The maximum Gasteiger partial charge on any atom is 0.416 e. The van der Waals surface area contributed by atoms with Crippen molar-refractivity contribution in [1.29, 1.82) is 0 Å². The number of nitrogen functional groups attached to an aromatic ring is 1. The number of rotatable bonds is 6. The molecule has 0 unspecified atom stereocenters. The minimum absolute atomic E-state index is 0.0710. The number of likely N-dealkylation sites (N-methyl/N-ethyl adjacent to an activating group) is 1. The molecule has 0 bridgehead atoms. The monoisotopic (exact) mass is 351 g/mol. The highest BCUT2D eigenvalue weighted by molar-refractivity contribution is 5.77. The topological polar surface area (TPSA) is 58.4 Å². The fourth-order valence-electron chi connectivity index (χ4n) is 2.50. The molecular formula is C18H20F3N3O. The number of nitrogens with one attached hydrogen (secondary N) is 1. The van der Waals surface area contributed by atoms with Crippen molar-refractivity contribution in [2.24, 2.45) is 0 Å². The zero-order chi connectivity index (χ0) is 18.4. The van der Waals surface area contributed by atoms with Gasteiger partial charge in [0.05, 0.1) is 12.1 Å². The van der Waals surface area contributed by atoms with Gasteiger partial charge >= 0.3 is 6.18 Å². The van der Waals surface area contributed by atoms with Crippen LogP contribution < -0.4 is 11.1 Å². The van der Waals surface area contributed by atoms with Gasteiger partial charge in [-0.05, 0) is 29.3 Å². The third-order valence-corrected chi connectivity index (χ3v) is 3.66. The van der Waals surface area contributed by atoms with Crippen molar-refractivity contribution in [1.82, 2.24) is 10.2 Å². The van der Waals surface area contributed by atoms with Crippen LogP contribution >= 0.6 is 0 Å². The molecule has 0 atom stereocenters. The van der Waals surface area contributed by atoms with Gasteiger partial charge in [-0.1, -0.05) is 30.3 Å². The van der Waals surface area contributed by atoms with Gasteiger partial charge in [0.2, 0.25) is 5.91 Å². The number of halogens is 3. The van der Waals surface area contributed by atoms with Crippen LogP contribution in [0.4, 0.5) is 18.9 Å². The van der Waals surface area contributed by atoms with Crippen LogP contribution in [0.3, 0.4) is 0 Å². The van der Waals surface area contributed by atoms with Gasteiger partial charge in [0, 0.05) is 25.8 Å². The Labute approximate surface area is 144 Å². The van der Waals surface area contributed by atoms with Gasteiger partial charge in [0.1, 0.15) is 0 Å². The summed E-state index contributed by atoms with van der Waals surface area (Å²) in [6.07, 6.45) is -4.39. The molecule has 0 heterocycles. The van der Waals surface area contributed by atoms with E-state index in [1.807, 2.05) is 6.07 Å². The Bertz CT molecular complexity index is 732. The number of nitrogens with zero attached hydrogens (tertiary/aromatic N) is 1. The van der Waals surface area contributed by atoms with Crippen LogP contribution in [0.25, 0.3) is 0 Å². The lowest BCUT2D eigenvalue weighted by atomic mass is 10.1. The van der Waals surface area contributed by atoms with E-state index in [1.54, 1.807) is 29.2 Å². The van der Waals surface area contributed by atoms with Gasteiger partial charge in [-0.15, -0.1) is 0 Å². The second-order valence-electron chi connectivity index (χ2n) is 5.76. The Balaban J connectivity index is 2.19. The molecule has 0 saturated heterocycles. The average molecular weight is 351 g/mol. The predicted octanol–water partition coefficient (Wildman–Crippen LogP) is 3.04. The first kappa shape index (κ1) is 18.8. The van der Waals surface area contributed by atoms with Gasteiger partial charge in [-0.2, -0.15) is 13.2 Å². The van der Waals surface area contributed by atoms with Crippen molar-refractivity contribution in [3.8, 4) is 0 Å². The summed E-state index contributed by atoms with van der Waals surface area (Å²) in [6.45, 7) is 0.683. The molecule has 134 valence electrons. The van der Waals surface area contributed by atoms with Crippen molar-refractivity contribution in [2.45, 2.75) is 19.3 Å². The van der Waals surface area contributed by atoms with Crippen molar-refractivity contribution in [2.75, 3.05) is 19.3 Å². The third-order valence-electron chi connectivity index (χ3n) is 3.66. The first-order chi connectivity index (χ1) is 11.8. The number of amides is 1. The summed E-state index contributed by atoms with van der Waals surface area (Å²) in [7, 11) is 1.52. The Morgan fingerprint density at radius 2 is 1.68 bits per heavy atom. The number of hydrogen-bond donors (Lipinski definition) is 2. The zero-order valence-electron chi connectivity index (χ0n) is 13.8. The normalized spacial score (nSPS) is 11.6. The SMILES string of the molecule is CNC(=O)CN(Cc1cccc(N)c1)Cc1cccc(C(F)(F)F)c1. The van der Waals surface area contributed by atoms with Gasteiger partial charge in [-0.25, -0.2) is 0 Å². The molecule has 0 radical (unpaired) electrons. The fourth-order valence-corrected chi connectivity index (χ4v) is 2.50. The summed E-state index contributed by atoms with van der Waals surface area (Å²) in [4.78, 5) is 13.5. The number of carbonyl (C=O) groups excluding carboxylic acids is 1. The summed E-state index contributed by atoms with van der Waals surface area (Å²) < 4.78 is 38.6. The van der Waals surface area contributed by atoms with Crippen molar-refractivity contribution in [3.63, 3.8) is 0 Å². The molecule has 3 N–H and O–H groups in total. The lowest BCUT2D eigenvalue weighted by Gasteiger charge is -2.22. The Morgan fingerprint density at radius 1 is 1.08 bits per heavy atom. The van der Waals surface area contributed by atoms with Crippen LogP contribution in [0.5, 0.6) is 0 Å². The highest BCUT2D eigenvalue weighted by atomic mass is 19.4. The maximum absolute atomic E-state index is 12.9. The van der Waals surface area contributed by atoms with E-state index in [9.17, 15) is 18.0 Å². The molecule has 1 amide bonds. The lowest BCUT2D eigenvalue weighted by Crippen LogP contribution is -2.35. The molecule has 7 heteroatoms. The molecule has 0 spiro atoms. The van der Waals surface area contributed by atoms with Gasteiger partial charge in [-0.3, -0.25) is 9.69 Å². The van der Waals surface area contributed by atoms with Gasteiger partial charge in [0.15, 0.2) is 0 Å². The van der Waals surface area contributed by atoms with Crippen LogP contribution in [0.2, 0.25) is 0 Å². The molecule has 2 rings (SSSR count). The fraction of sp³-hybridized carbons (Fsp3) is 0.278. The summed E-state index contributed by atoms with van der Waals surface area (Å²) in [6, 6.07) is 12.3. The summed E-state index contributed by atoms with van der Waals surface area (Å²) >= 11 is 0. The molecule has 0 fully saturated rings. The van der Waals surface area contributed by atoms with E-state index in [1.165, 1.54) is 13.1 Å². The number of nitrogens with two attached hydrogens (primary N) is 1. The minimum Gasteiger partial charge on any atom is -0.399 e. The van der Waals surface area contributed by atoms with Gasteiger partial charge in [0.25, 0.3) is 0 Å². The number of carbonyl (C=O) groups is 1. The Hall–Kier alpha value is -2.54. The van der Waals surface area contributed by atoms with E-state index in [2.05, 4.69) is 5.32 Å².